The van der Waals surface area contributed by atoms with Crippen LogP contribution >= 0.6 is 46.0 Å². The molecule has 0 spiro atoms. The van der Waals surface area contributed by atoms with Crippen molar-refractivity contribution in [3.8, 4) is 11.3 Å². The molecular weight excluding hydrogens is 342 g/mol. The lowest BCUT2D eigenvalue weighted by Gasteiger charge is -1.95. The van der Waals surface area contributed by atoms with Crippen molar-refractivity contribution in [1.82, 2.24) is 15.2 Å². The molecule has 2 heterocycles. The van der Waals surface area contributed by atoms with E-state index in [1.165, 1.54) is 0 Å². The normalized spacial score (nSPS) is 11.0. The van der Waals surface area contributed by atoms with E-state index in [-0.39, 0.29) is 0 Å². The third kappa shape index (κ3) is 3.83. The summed E-state index contributed by atoms with van der Waals surface area (Å²) in [6, 6.07) is 7.72. The molecule has 3 rings (SSSR count). The van der Waals surface area contributed by atoms with E-state index in [0.717, 1.165) is 42.8 Å². The molecule has 7 heteroatoms. The lowest BCUT2D eigenvalue weighted by Crippen LogP contribution is -1.79. The smallest absolute Gasteiger partial charge is 0.181 e. The van der Waals surface area contributed by atoms with Crippen molar-refractivity contribution in [3.63, 3.8) is 0 Å². The van der Waals surface area contributed by atoms with Crippen LogP contribution in [0, 0.1) is 0 Å². The highest BCUT2D eigenvalue weighted by Crippen LogP contribution is 2.35. The summed E-state index contributed by atoms with van der Waals surface area (Å²) in [4.78, 5) is 4.64. The quantitative estimate of drug-likeness (QED) is 0.614. The molecule has 21 heavy (non-hydrogen) atoms. The van der Waals surface area contributed by atoms with Crippen molar-refractivity contribution in [3.05, 3.63) is 39.7 Å². The van der Waals surface area contributed by atoms with Crippen LogP contribution in [0.4, 0.5) is 0 Å². The topological polar surface area (TPSA) is 38.7 Å². The number of hydrogen-bond acceptors (Lipinski definition) is 6. The van der Waals surface area contributed by atoms with E-state index in [9.17, 15) is 0 Å². The van der Waals surface area contributed by atoms with Crippen molar-refractivity contribution in [1.29, 1.82) is 0 Å². The molecule has 0 saturated carbocycles. The Morgan fingerprint density at radius 2 is 1.95 bits per heavy atom. The van der Waals surface area contributed by atoms with Crippen LogP contribution in [0.2, 0.25) is 5.02 Å². The van der Waals surface area contributed by atoms with Crippen LogP contribution in [0.25, 0.3) is 11.3 Å². The Bertz CT molecular complexity index is 721. The minimum absolute atomic E-state index is 0.737. The maximum Gasteiger partial charge on any atom is 0.181 e. The maximum absolute atomic E-state index is 5.90. The molecule has 0 saturated heterocycles. The van der Waals surface area contributed by atoms with E-state index < -0.39 is 0 Å². The van der Waals surface area contributed by atoms with Gasteiger partial charge in [-0.15, -0.1) is 21.5 Å². The lowest BCUT2D eigenvalue weighted by molar-refractivity contribution is 0.866. The van der Waals surface area contributed by atoms with Gasteiger partial charge in [-0.05, 0) is 30.3 Å². The molecule has 1 aromatic carbocycles. The van der Waals surface area contributed by atoms with Gasteiger partial charge in [0.1, 0.15) is 5.01 Å². The third-order valence-electron chi connectivity index (χ3n) is 2.71. The number of aryl methyl sites for hydroxylation is 1. The van der Waals surface area contributed by atoms with Gasteiger partial charge < -0.3 is 0 Å². The van der Waals surface area contributed by atoms with Crippen molar-refractivity contribution < 1.29 is 0 Å². The summed E-state index contributed by atoms with van der Waals surface area (Å²) in [7, 11) is 0. The molecule has 0 aliphatic heterocycles. The highest BCUT2D eigenvalue weighted by Gasteiger charge is 2.10. The van der Waals surface area contributed by atoms with Gasteiger partial charge in [-0.2, -0.15) is 0 Å². The summed E-state index contributed by atoms with van der Waals surface area (Å²) < 4.78 is 1.94. The van der Waals surface area contributed by atoms with E-state index in [1.54, 1.807) is 34.4 Å². The largest absolute Gasteiger partial charge is 0.229 e. The number of aromatic nitrogens is 3. The Morgan fingerprint density at radius 3 is 2.71 bits per heavy atom. The van der Waals surface area contributed by atoms with Gasteiger partial charge in [0.25, 0.3) is 0 Å². The first-order valence-electron chi connectivity index (χ1n) is 6.46. The molecule has 3 nitrogen and oxygen atoms in total. The standard InChI is InChI=1S/C14H12ClN3S3/c1-2-3-12-17-18-14(20-12)21-13-16-11(8-19-13)9-4-6-10(15)7-5-9/h4-8H,2-3H2,1H3. The molecule has 0 fully saturated rings. The van der Waals surface area contributed by atoms with E-state index in [4.69, 9.17) is 11.6 Å². The molecule has 0 unspecified atom stereocenters. The Hall–Kier alpha value is -0.950. The third-order valence-corrected chi connectivity index (χ3v) is 5.93. The summed E-state index contributed by atoms with van der Waals surface area (Å²) >= 11 is 10.8. The number of nitrogens with zero attached hydrogens (tertiary/aromatic N) is 3. The van der Waals surface area contributed by atoms with Gasteiger partial charge >= 0.3 is 0 Å². The van der Waals surface area contributed by atoms with Crippen LogP contribution in [-0.4, -0.2) is 15.2 Å². The monoisotopic (exact) mass is 353 g/mol. The van der Waals surface area contributed by atoms with Crippen LogP contribution in [-0.2, 0) is 6.42 Å². The zero-order valence-electron chi connectivity index (χ0n) is 11.2. The molecule has 0 aliphatic rings. The molecule has 0 atom stereocenters. The molecule has 2 aromatic heterocycles. The fourth-order valence-corrected chi connectivity index (χ4v) is 4.87. The number of halogens is 1. The Balaban J connectivity index is 1.73. The van der Waals surface area contributed by atoms with Crippen LogP contribution in [0.15, 0.2) is 38.3 Å². The molecule has 0 radical (unpaired) electrons. The molecular formula is C14H12ClN3S3. The van der Waals surface area contributed by atoms with E-state index >= 15 is 0 Å². The van der Waals surface area contributed by atoms with Gasteiger partial charge in [0.15, 0.2) is 8.68 Å². The maximum atomic E-state index is 5.90. The predicted molar refractivity (Wildman–Crippen MR) is 90.6 cm³/mol. The minimum Gasteiger partial charge on any atom is -0.229 e. The second-order valence-corrected chi connectivity index (χ2v) is 8.17. The number of hydrogen-bond donors (Lipinski definition) is 0. The van der Waals surface area contributed by atoms with Crippen LogP contribution in [0.3, 0.4) is 0 Å². The second kappa shape index (κ2) is 6.87. The number of rotatable bonds is 5. The van der Waals surface area contributed by atoms with Crippen molar-refractivity contribution in [2.24, 2.45) is 0 Å². The van der Waals surface area contributed by atoms with Crippen LogP contribution in [0.5, 0.6) is 0 Å². The predicted octanol–water partition coefficient (Wildman–Crippen LogP) is 5.42. The first kappa shape index (κ1) is 15.0. The molecule has 0 bridgehead atoms. The van der Waals surface area contributed by atoms with Gasteiger partial charge in [0, 0.05) is 22.4 Å². The highest BCUT2D eigenvalue weighted by molar-refractivity contribution is 8.02. The minimum atomic E-state index is 0.737. The van der Waals surface area contributed by atoms with Gasteiger partial charge in [-0.1, -0.05) is 42.0 Å². The Morgan fingerprint density at radius 1 is 1.14 bits per heavy atom. The summed E-state index contributed by atoms with van der Waals surface area (Å²) in [6.07, 6.45) is 2.09. The second-order valence-electron chi connectivity index (χ2n) is 4.32. The summed E-state index contributed by atoms with van der Waals surface area (Å²) in [5.74, 6) is 0. The molecule has 0 N–H and O–H groups in total. The highest BCUT2D eigenvalue weighted by atomic mass is 35.5. The van der Waals surface area contributed by atoms with Gasteiger partial charge in [0.05, 0.1) is 5.69 Å². The summed E-state index contributed by atoms with van der Waals surface area (Å²) in [6.45, 7) is 2.15. The molecule has 0 amide bonds. The van der Waals surface area contributed by atoms with E-state index in [0.29, 0.717) is 0 Å². The van der Waals surface area contributed by atoms with Crippen LogP contribution < -0.4 is 0 Å². The zero-order chi connectivity index (χ0) is 14.7. The van der Waals surface area contributed by atoms with Crippen LogP contribution in [0.1, 0.15) is 18.4 Å². The zero-order valence-corrected chi connectivity index (χ0v) is 14.5. The van der Waals surface area contributed by atoms with Gasteiger partial charge in [0.2, 0.25) is 0 Å². The molecule has 0 aliphatic carbocycles. The molecule has 3 aromatic rings. The van der Waals surface area contributed by atoms with Gasteiger partial charge in [-0.25, -0.2) is 4.98 Å². The lowest BCUT2D eigenvalue weighted by atomic mass is 10.2. The average Bonchev–Trinajstić information content (AvgIpc) is 3.11. The fourth-order valence-electron chi connectivity index (χ4n) is 1.73. The van der Waals surface area contributed by atoms with Crippen molar-refractivity contribution in [2.45, 2.75) is 28.4 Å². The SMILES string of the molecule is CCCc1nnc(Sc2nc(-c3ccc(Cl)cc3)cs2)s1. The first-order chi connectivity index (χ1) is 10.2. The van der Waals surface area contributed by atoms with E-state index in [1.807, 2.05) is 24.3 Å². The van der Waals surface area contributed by atoms with Crippen molar-refractivity contribution in [2.75, 3.05) is 0 Å². The average molecular weight is 354 g/mol. The van der Waals surface area contributed by atoms with E-state index in [2.05, 4.69) is 27.5 Å². The van der Waals surface area contributed by atoms with Crippen molar-refractivity contribution >= 4 is 46.0 Å². The summed E-state index contributed by atoms with van der Waals surface area (Å²) in [5, 5.41) is 12.3. The first-order valence-corrected chi connectivity index (χ1v) is 9.35. The summed E-state index contributed by atoms with van der Waals surface area (Å²) in [5.41, 5.74) is 2.05. The molecule has 108 valence electrons. The number of benzene rings is 1. The van der Waals surface area contributed by atoms with Gasteiger partial charge in [-0.3, -0.25) is 0 Å². The fraction of sp³-hybridized carbons (Fsp3) is 0.214. The Kier molecular flexibility index (Phi) is 4.90. The number of thiazole rings is 1. The Labute approximate surface area is 140 Å².